The zero-order valence-corrected chi connectivity index (χ0v) is 29.0. The van der Waals surface area contributed by atoms with Crippen molar-refractivity contribution in [3.63, 3.8) is 0 Å². The van der Waals surface area contributed by atoms with Gasteiger partial charge in [0.25, 0.3) is 5.91 Å². The molecule has 1 atom stereocenters. The highest BCUT2D eigenvalue weighted by atomic mass is 35.5. The Labute approximate surface area is 312 Å². The molecule has 1 saturated carbocycles. The molecule has 290 valence electrons. The van der Waals surface area contributed by atoms with Crippen molar-refractivity contribution in [2.45, 2.75) is 36.8 Å². The minimum Gasteiger partial charge on any atom is -0.467 e. The largest absolute Gasteiger partial charge is 0.467 e. The Bertz CT molecular complexity index is 2050. The Kier molecular flexibility index (Phi) is 12.0. The minimum absolute atomic E-state index is 0.00101. The summed E-state index contributed by atoms with van der Waals surface area (Å²) in [5.74, 6) is -4.76. The Morgan fingerprint density at radius 2 is 1.53 bits per heavy atom. The maximum absolute atomic E-state index is 13.0. The van der Waals surface area contributed by atoms with Gasteiger partial charge in [-0.05, 0) is 73.0 Å². The van der Waals surface area contributed by atoms with Crippen molar-refractivity contribution >= 4 is 58.6 Å². The molecule has 1 fully saturated rings. The second kappa shape index (κ2) is 16.5. The molecule has 3 aromatic carbocycles. The maximum Gasteiger partial charge on any atom is 0.422 e. The molecular formula is C34H29ClF6N8O6. The molecule has 0 spiro atoms. The molecule has 0 saturated heterocycles. The number of hydrogen-bond acceptors (Lipinski definition) is 11. The van der Waals surface area contributed by atoms with Gasteiger partial charge < -0.3 is 36.1 Å². The number of hydrogen-bond donors (Lipinski definition) is 5. The fourth-order valence-electron chi connectivity index (χ4n) is 4.92. The first-order chi connectivity index (χ1) is 25.9. The average molecular weight is 795 g/mol. The molecule has 5 N–H and O–H groups in total. The number of methoxy groups -OCH3 is 1. The molecule has 55 heavy (non-hydrogen) atoms. The summed E-state index contributed by atoms with van der Waals surface area (Å²) in [6, 6.07) is 13.9. The van der Waals surface area contributed by atoms with Gasteiger partial charge in [0, 0.05) is 28.5 Å². The number of rotatable bonds is 13. The van der Waals surface area contributed by atoms with Gasteiger partial charge in [0.05, 0.1) is 18.2 Å². The lowest BCUT2D eigenvalue weighted by Gasteiger charge is -2.19. The van der Waals surface area contributed by atoms with Gasteiger partial charge in [0.15, 0.2) is 6.61 Å². The molecule has 3 amide bonds. The number of alkyl halides is 6. The van der Waals surface area contributed by atoms with Crippen molar-refractivity contribution in [1.82, 2.24) is 25.6 Å². The van der Waals surface area contributed by atoms with Crippen LogP contribution in [0, 0.1) is 0 Å². The first-order valence-electron chi connectivity index (χ1n) is 16.0. The number of ether oxygens (including phenoxy) is 2. The number of carbonyl (C=O) groups excluding carboxylic acids is 4. The summed E-state index contributed by atoms with van der Waals surface area (Å²) in [6.07, 6.45) is -8.02. The van der Waals surface area contributed by atoms with Gasteiger partial charge in [-0.15, -0.1) is 0 Å². The molecule has 0 aliphatic heterocycles. The van der Waals surface area contributed by atoms with E-state index < -0.39 is 72.3 Å². The number of nitrogens with zero attached hydrogens (tertiary/aromatic N) is 3. The number of esters is 1. The van der Waals surface area contributed by atoms with Crippen LogP contribution in [0.2, 0.25) is 5.02 Å². The predicted octanol–water partition coefficient (Wildman–Crippen LogP) is 5.36. The number of nitrogens with one attached hydrogen (secondary N) is 5. The summed E-state index contributed by atoms with van der Waals surface area (Å²) >= 11 is 6.01. The van der Waals surface area contributed by atoms with E-state index in [9.17, 15) is 45.5 Å². The van der Waals surface area contributed by atoms with Crippen LogP contribution in [0.4, 0.5) is 49.6 Å². The molecule has 14 nitrogen and oxygen atoms in total. The summed E-state index contributed by atoms with van der Waals surface area (Å²) in [7, 11) is 1.01. The van der Waals surface area contributed by atoms with Gasteiger partial charge >= 0.3 is 36.1 Å². The van der Waals surface area contributed by atoms with Gasteiger partial charge in [0.1, 0.15) is 6.04 Å². The van der Waals surface area contributed by atoms with Gasteiger partial charge in [-0.1, -0.05) is 29.8 Å². The van der Waals surface area contributed by atoms with Crippen LogP contribution >= 0.6 is 11.6 Å². The molecule has 0 unspecified atom stereocenters. The lowest BCUT2D eigenvalue weighted by molar-refractivity contribution is -0.154. The van der Waals surface area contributed by atoms with Crippen LogP contribution in [0.1, 0.15) is 34.3 Å². The summed E-state index contributed by atoms with van der Waals surface area (Å²) < 4.78 is 87.2. The monoisotopic (exact) mass is 794 g/mol. The van der Waals surface area contributed by atoms with E-state index in [0.29, 0.717) is 23.9 Å². The number of amides is 3. The Morgan fingerprint density at radius 3 is 2.15 bits per heavy atom. The SMILES string of the molecule is COC(=O)[C@H](CNC(=O)C(=O)Nc1cccc(C(F)(F)F)c1)NC(=O)c1ccc(Nc2nc(NC3(c4ccc(Cl)cc4)CC3)nc(OCC(F)(F)F)n2)cc1. The van der Waals surface area contributed by atoms with E-state index in [1.807, 2.05) is 5.32 Å². The van der Waals surface area contributed by atoms with Crippen molar-refractivity contribution in [1.29, 1.82) is 0 Å². The average Bonchev–Trinajstić information content (AvgIpc) is 3.92. The number of aromatic nitrogens is 3. The second-order valence-corrected chi connectivity index (χ2v) is 12.3. The van der Waals surface area contributed by atoms with Crippen LogP contribution in [0.15, 0.2) is 72.8 Å². The topological polar surface area (TPSA) is 186 Å². The third-order valence-electron chi connectivity index (χ3n) is 7.79. The number of anilines is 4. The van der Waals surface area contributed by atoms with Crippen molar-refractivity contribution in [3.05, 3.63) is 94.5 Å². The third kappa shape index (κ3) is 11.2. The first kappa shape index (κ1) is 40.0. The molecule has 0 bridgehead atoms. The van der Waals surface area contributed by atoms with Crippen molar-refractivity contribution in [3.8, 4) is 6.01 Å². The van der Waals surface area contributed by atoms with Crippen LogP contribution in [-0.4, -0.2) is 71.1 Å². The van der Waals surface area contributed by atoms with E-state index >= 15 is 0 Å². The van der Waals surface area contributed by atoms with Gasteiger partial charge in [-0.2, -0.15) is 41.3 Å². The number of halogens is 7. The van der Waals surface area contributed by atoms with Crippen molar-refractivity contribution in [2.75, 3.05) is 36.2 Å². The second-order valence-electron chi connectivity index (χ2n) is 11.9. The fourth-order valence-corrected chi connectivity index (χ4v) is 5.05. The summed E-state index contributed by atoms with van der Waals surface area (Å²) in [4.78, 5) is 62.2. The van der Waals surface area contributed by atoms with Crippen LogP contribution < -0.4 is 31.3 Å². The molecule has 0 radical (unpaired) electrons. The zero-order chi connectivity index (χ0) is 40.0. The van der Waals surface area contributed by atoms with E-state index in [1.165, 1.54) is 24.3 Å². The summed E-state index contributed by atoms with van der Waals surface area (Å²) in [6.45, 7) is -2.30. The van der Waals surface area contributed by atoms with Crippen LogP contribution in [0.5, 0.6) is 6.01 Å². The van der Waals surface area contributed by atoms with Gasteiger partial charge in [-0.25, -0.2) is 4.79 Å². The molecular weight excluding hydrogens is 766 g/mol. The van der Waals surface area contributed by atoms with E-state index in [0.717, 1.165) is 30.9 Å². The Balaban J connectivity index is 1.23. The van der Waals surface area contributed by atoms with Crippen molar-refractivity contribution in [2.24, 2.45) is 0 Å². The molecule has 1 aliphatic carbocycles. The lowest BCUT2D eigenvalue weighted by Crippen LogP contribution is -2.50. The molecule has 4 aromatic rings. The minimum atomic E-state index is -4.69. The quantitative estimate of drug-likeness (QED) is 0.0667. The molecule has 21 heteroatoms. The van der Waals surface area contributed by atoms with E-state index in [-0.39, 0.29) is 28.8 Å². The highest BCUT2D eigenvalue weighted by Gasteiger charge is 2.45. The van der Waals surface area contributed by atoms with E-state index in [4.69, 9.17) is 16.3 Å². The standard InChI is InChI=1S/C34H29ClF6N8O6/c1-54-28(53)24(16-42-26(51)27(52)43-23-4-2-3-20(15-23)34(39,40)41)45-25(50)18-5-11-22(12-6-18)44-29-46-30(48-31(47-29)55-17-33(36,37)38)49-32(13-14-32)19-7-9-21(35)10-8-19/h2-12,15,24H,13-14,16-17H2,1H3,(H,42,51)(H,43,52)(H,45,50)(H2,44,46,47,48,49)/t24-/m0/s1. The molecule has 1 aromatic heterocycles. The van der Waals surface area contributed by atoms with Crippen LogP contribution in [0.25, 0.3) is 0 Å². The summed E-state index contributed by atoms with van der Waals surface area (Å²) in [5.41, 5.74) is -0.833. The van der Waals surface area contributed by atoms with Crippen LogP contribution in [0.3, 0.4) is 0 Å². The van der Waals surface area contributed by atoms with E-state index in [1.54, 1.807) is 24.3 Å². The highest BCUT2D eigenvalue weighted by Crippen LogP contribution is 2.48. The molecule has 1 heterocycles. The maximum atomic E-state index is 13.0. The fraction of sp³-hybridized carbons (Fsp3) is 0.265. The number of benzene rings is 3. The predicted molar refractivity (Wildman–Crippen MR) is 183 cm³/mol. The van der Waals surface area contributed by atoms with Crippen molar-refractivity contribution < 1.29 is 55.0 Å². The van der Waals surface area contributed by atoms with Gasteiger partial charge in [-0.3, -0.25) is 14.4 Å². The van der Waals surface area contributed by atoms with E-state index in [2.05, 4.69) is 41.0 Å². The molecule has 1 aliphatic rings. The highest BCUT2D eigenvalue weighted by molar-refractivity contribution is 6.39. The molecule has 5 rings (SSSR count). The Hall–Kier alpha value is -6.18. The van der Waals surface area contributed by atoms with Crippen LogP contribution in [-0.2, 0) is 30.8 Å². The normalized spacial score (nSPS) is 13.8. The smallest absolute Gasteiger partial charge is 0.422 e. The zero-order valence-electron chi connectivity index (χ0n) is 28.3. The Morgan fingerprint density at radius 1 is 0.855 bits per heavy atom. The van der Waals surface area contributed by atoms with Gasteiger partial charge in [0.2, 0.25) is 11.9 Å². The lowest BCUT2D eigenvalue weighted by atomic mass is 10.1. The number of carbonyl (C=O) groups is 4. The third-order valence-corrected chi connectivity index (χ3v) is 8.04. The first-order valence-corrected chi connectivity index (χ1v) is 16.3. The summed E-state index contributed by atoms with van der Waals surface area (Å²) in [5, 5.41) is 12.9.